The molecule has 0 spiro atoms. The molecule has 2 aliphatic rings. The summed E-state index contributed by atoms with van der Waals surface area (Å²) >= 11 is 0. The van der Waals surface area contributed by atoms with Crippen molar-refractivity contribution < 1.29 is 27.9 Å². The van der Waals surface area contributed by atoms with Crippen LogP contribution in [-0.4, -0.2) is 35.0 Å². The van der Waals surface area contributed by atoms with E-state index in [0.29, 0.717) is 35.2 Å². The second-order valence-electron chi connectivity index (χ2n) is 8.21. The van der Waals surface area contributed by atoms with Gasteiger partial charge in [-0.2, -0.15) is 18.4 Å². The van der Waals surface area contributed by atoms with E-state index in [0.717, 1.165) is 12.1 Å². The Balaban J connectivity index is 1.91. The summed E-state index contributed by atoms with van der Waals surface area (Å²) in [4.78, 5) is 29.5. The number of aliphatic hydroxyl groups is 1. The van der Waals surface area contributed by atoms with Crippen LogP contribution in [0.2, 0.25) is 0 Å². The fourth-order valence-corrected chi connectivity index (χ4v) is 4.54. The molecule has 1 unspecified atom stereocenters. The largest absolute Gasteiger partial charge is 0.416 e. The molecule has 176 valence electrons. The number of nitriles is 1. The Morgan fingerprint density at radius 2 is 1.82 bits per heavy atom. The smallest absolute Gasteiger partial charge is 0.396 e. The summed E-state index contributed by atoms with van der Waals surface area (Å²) in [5.74, 6) is -0.172. The zero-order valence-corrected chi connectivity index (χ0v) is 18.2. The number of hydrogen-bond acceptors (Lipinski definition) is 4. The van der Waals surface area contributed by atoms with Crippen LogP contribution >= 0.6 is 0 Å². The molecule has 0 fully saturated rings. The van der Waals surface area contributed by atoms with Gasteiger partial charge in [-0.05, 0) is 55.2 Å². The molecule has 2 amide bonds. The number of ketones is 1. The highest BCUT2D eigenvalue weighted by atomic mass is 19.4. The van der Waals surface area contributed by atoms with E-state index in [1.165, 1.54) is 21.9 Å². The van der Waals surface area contributed by atoms with Crippen LogP contribution in [0.15, 0.2) is 59.8 Å². The Bertz CT molecular complexity index is 1180. The van der Waals surface area contributed by atoms with Gasteiger partial charge < -0.3 is 10.0 Å². The van der Waals surface area contributed by atoms with Crippen LogP contribution in [0.25, 0.3) is 0 Å². The van der Waals surface area contributed by atoms with Crippen LogP contribution in [0.4, 0.5) is 23.7 Å². The van der Waals surface area contributed by atoms with Crippen LogP contribution in [0.1, 0.15) is 48.4 Å². The molecule has 0 aromatic heterocycles. The molecule has 0 saturated carbocycles. The maximum atomic E-state index is 13.8. The molecule has 0 saturated heterocycles. The fraction of sp³-hybridized carbons (Fsp3) is 0.320. The molecule has 0 radical (unpaired) electrons. The average Bonchev–Trinajstić information content (AvgIpc) is 2.82. The molecular formula is C25H22F3N3O3. The molecule has 1 aliphatic heterocycles. The molecule has 2 aromatic carbocycles. The van der Waals surface area contributed by atoms with E-state index in [2.05, 4.69) is 0 Å². The van der Waals surface area contributed by atoms with Crippen molar-refractivity contribution in [2.45, 2.75) is 37.9 Å². The Morgan fingerprint density at radius 3 is 2.47 bits per heavy atom. The fourth-order valence-electron chi connectivity index (χ4n) is 4.54. The van der Waals surface area contributed by atoms with Crippen molar-refractivity contribution in [3.63, 3.8) is 0 Å². The van der Waals surface area contributed by atoms with Crippen molar-refractivity contribution in [3.05, 3.63) is 76.5 Å². The molecule has 2 aromatic rings. The van der Waals surface area contributed by atoms with Crippen LogP contribution in [0.5, 0.6) is 0 Å². The normalized spacial score (nSPS) is 18.7. The minimum Gasteiger partial charge on any atom is -0.396 e. The van der Waals surface area contributed by atoms with Crippen molar-refractivity contribution in [1.29, 1.82) is 5.26 Å². The lowest BCUT2D eigenvalue weighted by Crippen LogP contribution is -2.52. The predicted octanol–water partition coefficient (Wildman–Crippen LogP) is 4.95. The summed E-state index contributed by atoms with van der Waals surface area (Å²) in [6, 6.07) is 11.8. The zero-order valence-electron chi connectivity index (χ0n) is 18.2. The summed E-state index contributed by atoms with van der Waals surface area (Å²) in [7, 11) is 0. The zero-order chi connectivity index (χ0) is 24.5. The summed E-state index contributed by atoms with van der Waals surface area (Å²) in [6.45, 7) is -0.104. The SMILES string of the molecule is N#Cc1ccc(C2C3=C(CCCC3=O)N(c3cccc(C(F)(F)F)c3)C(=O)N2CCCO)cc1. The van der Waals surface area contributed by atoms with Gasteiger partial charge in [-0.15, -0.1) is 0 Å². The number of alkyl halides is 3. The third-order valence-corrected chi connectivity index (χ3v) is 6.07. The number of aliphatic hydroxyl groups excluding tert-OH is 1. The lowest BCUT2D eigenvalue weighted by molar-refractivity contribution is -0.137. The van der Waals surface area contributed by atoms with Crippen molar-refractivity contribution >= 4 is 17.5 Å². The highest BCUT2D eigenvalue weighted by molar-refractivity contribution is 6.06. The first-order valence-corrected chi connectivity index (χ1v) is 10.9. The van der Waals surface area contributed by atoms with Gasteiger partial charge in [0.25, 0.3) is 0 Å². The number of carbonyl (C=O) groups excluding carboxylic acids is 2. The Hall–Kier alpha value is -3.64. The van der Waals surface area contributed by atoms with Crippen molar-refractivity contribution in [1.82, 2.24) is 4.90 Å². The molecule has 6 nitrogen and oxygen atoms in total. The average molecular weight is 469 g/mol. The highest BCUT2D eigenvalue weighted by Crippen LogP contribution is 2.44. The first kappa shape index (κ1) is 23.5. The van der Waals surface area contributed by atoms with Crippen LogP contribution in [0.3, 0.4) is 0 Å². The number of nitrogens with zero attached hydrogens (tertiary/aromatic N) is 3. The number of Topliss-reactive ketones (excluding diaryl/α,β-unsaturated/α-hetero) is 1. The van der Waals surface area contributed by atoms with Gasteiger partial charge in [0.05, 0.1) is 28.9 Å². The van der Waals surface area contributed by atoms with Crippen LogP contribution in [-0.2, 0) is 11.0 Å². The van der Waals surface area contributed by atoms with Gasteiger partial charge >= 0.3 is 12.2 Å². The summed E-state index contributed by atoms with van der Waals surface area (Å²) < 4.78 is 40.2. The number of allylic oxidation sites excluding steroid dienone is 1. The van der Waals surface area contributed by atoms with E-state index in [4.69, 9.17) is 5.26 Å². The number of hydrogen-bond donors (Lipinski definition) is 1. The Kier molecular flexibility index (Phi) is 6.44. The molecule has 0 bridgehead atoms. The highest BCUT2D eigenvalue weighted by Gasteiger charge is 2.44. The van der Waals surface area contributed by atoms with E-state index in [1.54, 1.807) is 24.3 Å². The van der Waals surface area contributed by atoms with Crippen LogP contribution in [0, 0.1) is 11.3 Å². The molecule has 1 aliphatic carbocycles. The maximum Gasteiger partial charge on any atom is 0.416 e. The first-order chi connectivity index (χ1) is 16.3. The first-order valence-electron chi connectivity index (χ1n) is 10.9. The summed E-state index contributed by atoms with van der Waals surface area (Å²) in [5.41, 5.74) is 0.952. The maximum absolute atomic E-state index is 13.8. The van der Waals surface area contributed by atoms with Crippen molar-refractivity contribution in [3.8, 4) is 6.07 Å². The second kappa shape index (κ2) is 9.31. The van der Waals surface area contributed by atoms with E-state index < -0.39 is 23.8 Å². The van der Waals surface area contributed by atoms with E-state index in [-0.39, 0.29) is 37.5 Å². The third kappa shape index (κ3) is 4.29. The third-order valence-electron chi connectivity index (χ3n) is 6.07. The quantitative estimate of drug-likeness (QED) is 0.672. The van der Waals surface area contributed by atoms with Crippen LogP contribution < -0.4 is 4.90 Å². The van der Waals surface area contributed by atoms with Gasteiger partial charge in [0.2, 0.25) is 0 Å². The molecule has 1 atom stereocenters. The van der Waals surface area contributed by atoms with Gasteiger partial charge in [-0.3, -0.25) is 9.69 Å². The number of carbonyl (C=O) groups is 2. The van der Waals surface area contributed by atoms with Gasteiger partial charge in [0.15, 0.2) is 5.78 Å². The molecular weight excluding hydrogens is 447 g/mol. The topological polar surface area (TPSA) is 84.6 Å². The molecule has 4 rings (SSSR count). The number of amides is 2. The second-order valence-corrected chi connectivity index (χ2v) is 8.21. The monoisotopic (exact) mass is 469 g/mol. The number of rotatable bonds is 5. The lowest BCUT2D eigenvalue weighted by atomic mass is 9.83. The van der Waals surface area contributed by atoms with Gasteiger partial charge in [-0.1, -0.05) is 18.2 Å². The molecule has 1 N–H and O–H groups in total. The van der Waals surface area contributed by atoms with E-state index >= 15 is 0 Å². The summed E-state index contributed by atoms with van der Waals surface area (Å²) in [6.07, 6.45) is -3.24. The van der Waals surface area contributed by atoms with Gasteiger partial charge in [0.1, 0.15) is 0 Å². The number of urea groups is 1. The number of benzene rings is 2. The van der Waals surface area contributed by atoms with Gasteiger partial charge in [-0.25, -0.2) is 4.79 Å². The Morgan fingerprint density at radius 1 is 1.09 bits per heavy atom. The molecule has 34 heavy (non-hydrogen) atoms. The molecule has 9 heteroatoms. The van der Waals surface area contributed by atoms with E-state index in [1.807, 2.05) is 6.07 Å². The summed E-state index contributed by atoms with van der Waals surface area (Å²) in [5, 5.41) is 18.5. The Labute approximate surface area is 194 Å². The lowest BCUT2D eigenvalue weighted by Gasteiger charge is -2.45. The number of anilines is 1. The molecule has 1 heterocycles. The van der Waals surface area contributed by atoms with Crippen molar-refractivity contribution in [2.75, 3.05) is 18.1 Å². The number of halogens is 3. The van der Waals surface area contributed by atoms with Crippen molar-refractivity contribution in [2.24, 2.45) is 0 Å². The minimum absolute atomic E-state index is 0.0364. The standard InChI is InChI=1S/C25H22F3N3O3/c26-25(27,28)18-4-1-5-19(14-18)31-20-6-2-7-21(33)22(20)23(30(24(31)34)12-3-13-32)17-10-8-16(15-29)9-11-17/h1,4-5,8-11,14,23,32H,2-3,6-7,12-13H2. The van der Waals surface area contributed by atoms with Gasteiger partial charge in [0, 0.05) is 30.8 Å². The van der Waals surface area contributed by atoms with E-state index in [9.17, 15) is 27.9 Å². The predicted molar refractivity (Wildman–Crippen MR) is 118 cm³/mol. The minimum atomic E-state index is -4.59.